The summed E-state index contributed by atoms with van der Waals surface area (Å²) in [6.07, 6.45) is 6.19. The third-order valence-corrected chi connectivity index (χ3v) is 10.2. The molecule has 254 valence electrons. The number of fused-ring (bicyclic) bond motifs is 1. The van der Waals surface area contributed by atoms with Crippen molar-refractivity contribution in [2.24, 2.45) is 11.1 Å². The molecule has 6 rings (SSSR count). The normalized spacial score (nSPS) is 20.6. The Bertz CT molecular complexity index is 1960. The SMILES string of the molecule is CC(C)(O)COc1ccc2c(C(=O)NC3CC4(C3)CC(Oc3cc(-c5cccc(S(=O)(=O)NCCO)c5)ccc3C(N)=O)C4)cnn2c1. The monoisotopic (exact) mass is 677 g/mol. The van der Waals surface area contributed by atoms with Crippen molar-refractivity contribution in [2.75, 3.05) is 19.8 Å². The van der Waals surface area contributed by atoms with Gasteiger partial charge in [0.15, 0.2) is 0 Å². The van der Waals surface area contributed by atoms with Crippen LogP contribution in [0.2, 0.25) is 0 Å². The first-order chi connectivity index (χ1) is 22.7. The van der Waals surface area contributed by atoms with E-state index in [1.807, 2.05) is 0 Å². The highest BCUT2D eigenvalue weighted by Gasteiger charge is 2.54. The molecular formula is C34H39N5O8S. The molecule has 0 atom stereocenters. The number of primary amides is 1. The van der Waals surface area contributed by atoms with E-state index in [4.69, 9.17) is 20.3 Å². The second-order valence-electron chi connectivity index (χ2n) is 13.3. The zero-order valence-electron chi connectivity index (χ0n) is 26.7. The number of aliphatic hydroxyl groups excluding tert-OH is 1. The standard InChI is InChI=1S/C34H39N5O8S/c1-33(2,43)20-46-24-7-9-29-28(18-36-39(29)19-24)32(42)38-23-14-34(15-23)16-25(17-34)47-30-13-22(6-8-27(30)31(35)41)21-4-3-5-26(12-21)48(44,45)37-10-11-40/h3-9,12-13,18-19,23,25,37,40,43H,10-11,14-17,20H2,1-2H3,(H2,35,41)(H,38,42). The second-order valence-corrected chi connectivity index (χ2v) is 15.1. The van der Waals surface area contributed by atoms with Crippen molar-refractivity contribution in [1.82, 2.24) is 19.7 Å². The molecule has 4 aromatic rings. The molecule has 48 heavy (non-hydrogen) atoms. The molecule has 13 nitrogen and oxygen atoms in total. The van der Waals surface area contributed by atoms with Crippen LogP contribution in [0.4, 0.5) is 0 Å². The maximum absolute atomic E-state index is 13.1. The van der Waals surface area contributed by atoms with Crippen LogP contribution < -0.4 is 25.2 Å². The number of nitrogens with two attached hydrogens (primary N) is 1. The zero-order valence-corrected chi connectivity index (χ0v) is 27.5. The van der Waals surface area contributed by atoms with Crippen molar-refractivity contribution in [3.8, 4) is 22.6 Å². The summed E-state index contributed by atoms with van der Waals surface area (Å²) in [5.41, 5.74) is 7.32. The molecule has 0 aliphatic heterocycles. The van der Waals surface area contributed by atoms with Crippen LogP contribution in [0.15, 0.2) is 71.9 Å². The Kier molecular flexibility index (Phi) is 8.94. The minimum atomic E-state index is -3.81. The van der Waals surface area contributed by atoms with Crippen LogP contribution in [-0.2, 0) is 10.0 Å². The number of rotatable bonds is 13. The molecule has 1 spiro atoms. The molecule has 2 aliphatic rings. The van der Waals surface area contributed by atoms with Crippen molar-refractivity contribution in [3.05, 3.63) is 78.1 Å². The predicted molar refractivity (Wildman–Crippen MR) is 176 cm³/mol. The lowest BCUT2D eigenvalue weighted by molar-refractivity contribution is -0.0834. The van der Waals surface area contributed by atoms with Crippen LogP contribution in [0.3, 0.4) is 0 Å². The first kappa shape index (κ1) is 33.4. The van der Waals surface area contributed by atoms with E-state index in [1.54, 1.807) is 67.0 Å². The summed E-state index contributed by atoms with van der Waals surface area (Å²) in [4.78, 5) is 25.4. The van der Waals surface area contributed by atoms with E-state index in [1.165, 1.54) is 18.3 Å². The molecule has 14 heteroatoms. The van der Waals surface area contributed by atoms with Gasteiger partial charge in [0.2, 0.25) is 10.0 Å². The second kappa shape index (κ2) is 12.8. The van der Waals surface area contributed by atoms with Gasteiger partial charge in [-0.3, -0.25) is 9.59 Å². The van der Waals surface area contributed by atoms with E-state index in [-0.39, 0.29) is 53.7 Å². The van der Waals surface area contributed by atoms with Gasteiger partial charge < -0.3 is 30.7 Å². The maximum atomic E-state index is 13.1. The Morgan fingerprint density at radius 1 is 1.06 bits per heavy atom. The van der Waals surface area contributed by atoms with Crippen molar-refractivity contribution in [3.63, 3.8) is 0 Å². The van der Waals surface area contributed by atoms with Crippen LogP contribution in [0.1, 0.15) is 60.2 Å². The number of amides is 2. The van der Waals surface area contributed by atoms with Crippen LogP contribution in [0, 0.1) is 5.41 Å². The molecule has 2 aromatic heterocycles. The summed E-state index contributed by atoms with van der Waals surface area (Å²) in [5.74, 6) is 0.0279. The maximum Gasteiger partial charge on any atom is 0.255 e. The van der Waals surface area contributed by atoms with Crippen molar-refractivity contribution in [1.29, 1.82) is 0 Å². The predicted octanol–water partition coefficient (Wildman–Crippen LogP) is 2.64. The number of hydrogen-bond acceptors (Lipinski definition) is 9. The Morgan fingerprint density at radius 2 is 1.81 bits per heavy atom. The molecule has 2 heterocycles. The highest BCUT2D eigenvalue weighted by Crippen LogP contribution is 2.57. The summed E-state index contributed by atoms with van der Waals surface area (Å²) in [6, 6.07) is 14.8. The third-order valence-electron chi connectivity index (χ3n) is 8.76. The van der Waals surface area contributed by atoms with E-state index in [0.29, 0.717) is 33.7 Å². The molecule has 0 unspecified atom stereocenters. The fourth-order valence-corrected chi connectivity index (χ4v) is 7.51. The lowest BCUT2D eigenvalue weighted by Crippen LogP contribution is -2.58. The van der Waals surface area contributed by atoms with Gasteiger partial charge >= 0.3 is 0 Å². The Balaban J connectivity index is 1.06. The third kappa shape index (κ3) is 7.16. The lowest BCUT2D eigenvalue weighted by atomic mass is 9.53. The van der Waals surface area contributed by atoms with Crippen LogP contribution >= 0.6 is 0 Å². The molecule has 0 bridgehead atoms. The number of sulfonamides is 1. The number of ether oxygens (including phenoxy) is 2. The Hall–Kier alpha value is -4.50. The molecular weight excluding hydrogens is 638 g/mol. The van der Waals surface area contributed by atoms with E-state index < -0.39 is 21.5 Å². The average Bonchev–Trinajstić information content (AvgIpc) is 3.44. The lowest BCUT2D eigenvalue weighted by Gasteiger charge is -2.57. The van der Waals surface area contributed by atoms with Crippen LogP contribution in [0.25, 0.3) is 16.6 Å². The first-order valence-electron chi connectivity index (χ1n) is 15.7. The molecule has 2 aromatic carbocycles. The molecule has 6 N–H and O–H groups in total. The fraction of sp³-hybridized carbons (Fsp3) is 0.382. The highest BCUT2D eigenvalue weighted by atomic mass is 32.2. The van der Waals surface area contributed by atoms with Gasteiger partial charge in [0, 0.05) is 12.6 Å². The van der Waals surface area contributed by atoms with Gasteiger partial charge in [-0.25, -0.2) is 17.7 Å². The summed E-state index contributed by atoms with van der Waals surface area (Å²) < 4.78 is 41.0. The number of pyridine rings is 1. The molecule has 2 aliphatic carbocycles. The number of benzene rings is 2. The largest absolute Gasteiger partial charge is 0.490 e. The van der Waals surface area contributed by atoms with E-state index >= 15 is 0 Å². The zero-order chi connectivity index (χ0) is 34.3. The average molecular weight is 678 g/mol. The molecule has 2 fully saturated rings. The number of carbonyl (C=O) groups is 2. The van der Waals surface area contributed by atoms with Crippen LogP contribution in [-0.4, -0.2) is 77.6 Å². The quantitative estimate of drug-likeness (QED) is 0.141. The van der Waals surface area contributed by atoms with Gasteiger partial charge in [-0.1, -0.05) is 18.2 Å². The van der Waals surface area contributed by atoms with Gasteiger partial charge in [-0.2, -0.15) is 5.10 Å². The summed E-state index contributed by atoms with van der Waals surface area (Å²) in [7, 11) is -3.81. The molecule has 2 amide bonds. The van der Waals surface area contributed by atoms with Crippen molar-refractivity contribution < 1.29 is 37.7 Å². The van der Waals surface area contributed by atoms with Gasteiger partial charge in [0.25, 0.3) is 11.8 Å². The molecule has 0 saturated heterocycles. The number of aliphatic hydroxyl groups is 2. The van der Waals surface area contributed by atoms with Gasteiger partial charge in [-0.05, 0) is 92.5 Å². The number of carbonyl (C=O) groups excluding carboxylic acids is 2. The number of hydrogen-bond donors (Lipinski definition) is 5. The topological polar surface area (TPSA) is 195 Å². The van der Waals surface area contributed by atoms with Crippen LogP contribution in [0.5, 0.6) is 11.5 Å². The molecule has 2 saturated carbocycles. The van der Waals surface area contributed by atoms with E-state index in [0.717, 1.165) is 25.7 Å². The Morgan fingerprint density at radius 3 is 2.52 bits per heavy atom. The van der Waals surface area contributed by atoms with Gasteiger partial charge in [0.1, 0.15) is 18.1 Å². The van der Waals surface area contributed by atoms with Gasteiger partial charge in [-0.15, -0.1) is 0 Å². The summed E-state index contributed by atoms with van der Waals surface area (Å²) in [5, 5.41) is 26.3. The highest BCUT2D eigenvalue weighted by molar-refractivity contribution is 7.89. The van der Waals surface area contributed by atoms with Crippen molar-refractivity contribution >= 4 is 27.4 Å². The number of aromatic nitrogens is 2. The fourth-order valence-electron chi connectivity index (χ4n) is 6.45. The van der Waals surface area contributed by atoms with E-state index in [9.17, 15) is 23.1 Å². The summed E-state index contributed by atoms with van der Waals surface area (Å²) >= 11 is 0. The minimum absolute atomic E-state index is 0.0164. The number of nitrogens with one attached hydrogen (secondary N) is 2. The minimum Gasteiger partial charge on any atom is -0.490 e. The van der Waals surface area contributed by atoms with E-state index in [2.05, 4.69) is 15.1 Å². The first-order valence-corrected chi connectivity index (χ1v) is 17.2. The molecule has 0 radical (unpaired) electrons. The summed E-state index contributed by atoms with van der Waals surface area (Å²) in [6.45, 7) is 3.01. The number of nitrogens with zero attached hydrogens (tertiary/aromatic N) is 2. The van der Waals surface area contributed by atoms with Crippen molar-refractivity contribution in [2.45, 2.75) is 62.2 Å². The smallest absolute Gasteiger partial charge is 0.255 e. The Labute approximate surface area is 278 Å². The van der Waals surface area contributed by atoms with Gasteiger partial charge in [0.05, 0.1) is 52.2 Å².